The third-order valence-electron chi connectivity index (χ3n) is 0. The first-order chi connectivity index (χ1) is 2.00. The van der Waals surface area contributed by atoms with E-state index in [4.69, 9.17) is 14.4 Å². The van der Waals surface area contributed by atoms with E-state index in [2.05, 4.69) is 15.6 Å². The maximum atomic E-state index is 8.99. The topological polar surface area (TPSA) is 63.2 Å². The van der Waals surface area contributed by atoms with Gasteiger partial charge in [0.15, 0.2) is 0 Å². The molecule has 0 aliphatic rings. The van der Waals surface area contributed by atoms with Gasteiger partial charge in [-0.3, -0.25) is 0 Å². The molecule has 0 unspecified atom stereocenters. The molecule has 31 valence electrons. The molecule has 3 nitrogen and oxygen atoms in total. The van der Waals surface area contributed by atoms with Gasteiger partial charge in [-0.05, 0) is 0 Å². The predicted octanol–water partition coefficient (Wildman–Crippen LogP) is -1.64. The van der Waals surface area contributed by atoms with Crippen LogP contribution in [0.5, 0.6) is 0 Å². The van der Waals surface area contributed by atoms with E-state index < -0.39 is 6.29 Å². The maximum absolute atomic E-state index is 8.99. The Bertz CT molecular complexity index is 53.0. The van der Waals surface area contributed by atoms with Crippen LogP contribution >= 0.6 is 6.29 Å². The number of rotatable bonds is 0. The molecule has 0 fully saturated rings. The summed E-state index contributed by atoms with van der Waals surface area (Å²) in [5, 5.41) is 0. The van der Waals surface area contributed by atoms with Crippen LogP contribution in [0.4, 0.5) is 0 Å². The van der Waals surface area contributed by atoms with E-state index >= 15 is 0 Å². The standard InChI is InChI=1S/Fe.HO3P/c;1-4(2)3/h;(H,1,2,3)/q+1;/p-1. The fraction of sp³-hybridized carbons (Fsp3) is 0. The summed E-state index contributed by atoms with van der Waals surface area (Å²) in [4.78, 5) is 18.0. The van der Waals surface area contributed by atoms with E-state index in [9.17, 15) is 0 Å². The zero-order valence-corrected chi connectivity index (χ0v) is 4.02. The third kappa shape index (κ3) is 74.2. The van der Waals surface area contributed by atoms with Gasteiger partial charge in [0.25, 0.3) is 0 Å². The van der Waals surface area contributed by atoms with Gasteiger partial charge in [0.1, 0.15) is 0 Å². The molecule has 0 N–H and O–H groups in total. The van der Waals surface area contributed by atoms with Crippen molar-refractivity contribution in [3.8, 4) is 0 Å². The predicted molar refractivity (Wildman–Crippen MR) is 7.61 cm³/mol. The quantitative estimate of drug-likeness (QED) is 0.295. The van der Waals surface area contributed by atoms with E-state index in [0.29, 0.717) is 0 Å². The van der Waals surface area contributed by atoms with Crippen molar-refractivity contribution in [3.63, 3.8) is 0 Å². The molecule has 5 heavy (non-hydrogen) atoms. The Labute approximate surface area is 37.0 Å². The van der Waals surface area contributed by atoms with Crippen molar-refractivity contribution in [3.05, 3.63) is 0 Å². The average Bonchev–Trinajstić information content (AvgIpc) is 0.722. The summed E-state index contributed by atoms with van der Waals surface area (Å²) in [6, 6.07) is 0. The van der Waals surface area contributed by atoms with E-state index in [1.807, 2.05) is 0 Å². The van der Waals surface area contributed by atoms with Gasteiger partial charge in [-0.15, -0.1) is 0 Å². The van der Waals surface area contributed by atoms with Gasteiger partial charge < -0.3 is 0 Å². The first-order valence-electron chi connectivity index (χ1n) is 0.706. The summed E-state index contributed by atoms with van der Waals surface area (Å²) in [5.74, 6) is 0. The van der Waals surface area contributed by atoms with E-state index in [1.54, 1.807) is 0 Å². The summed E-state index contributed by atoms with van der Waals surface area (Å²) < 4.78 is 8.99. The SMILES string of the molecule is O=[P]([O-])([O-])[Fe+2]. The van der Waals surface area contributed by atoms with Gasteiger partial charge in [-0.1, -0.05) is 0 Å². The second-order valence-electron chi connectivity index (χ2n) is 0.417. The molecular weight excluding hydrogens is 135 g/mol. The zero-order chi connectivity index (χ0) is 4.50. The third-order valence-corrected chi connectivity index (χ3v) is 0. The zero-order valence-electron chi connectivity index (χ0n) is 2.03. The fourth-order valence-electron chi connectivity index (χ4n) is 0. The number of hydrogen-bond acceptors (Lipinski definition) is 3. The fourth-order valence-corrected chi connectivity index (χ4v) is 0. The first kappa shape index (κ1) is 5.67. The molecule has 0 aromatic rings. The molecule has 5 heteroatoms. The first-order valence-corrected chi connectivity index (χ1v) is 3.60. The Morgan fingerprint density at radius 1 is 1.60 bits per heavy atom. The Kier molecular flexibility index (Phi) is 1.60. The normalized spacial score (nSPS) is 11.6. The molecule has 0 spiro atoms. The van der Waals surface area contributed by atoms with Crippen LogP contribution in [0.1, 0.15) is 0 Å². The van der Waals surface area contributed by atoms with Crippen LogP contribution in [0, 0.1) is 0 Å². The molecule has 0 rings (SSSR count). The van der Waals surface area contributed by atoms with Gasteiger partial charge in [0, 0.05) is 0 Å². The van der Waals surface area contributed by atoms with Crippen molar-refractivity contribution in [2.45, 2.75) is 0 Å². The average molecular weight is 135 g/mol. The van der Waals surface area contributed by atoms with Gasteiger partial charge in [-0.25, -0.2) is 0 Å². The Balaban J connectivity index is 3.47. The van der Waals surface area contributed by atoms with Crippen molar-refractivity contribution < 1.29 is 29.9 Å². The van der Waals surface area contributed by atoms with Crippen molar-refractivity contribution in [2.75, 3.05) is 0 Å². The number of hydrogen-bond donors (Lipinski definition) is 0. The second-order valence-corrected chi connectivity index (χ2v) is 3.07. The van der Waals surface area contributed by atoms with Gasteiger partial charge in [0.2, 0.25) is 0 Å². The van der Waals surface area contributed by atoms with Gasteiger partial charge >= 0.3 is 36.2 Å². The van der Waals surface area contributed by atoms with Crippen LogP contribution < -0.4 is 9.79 Å². The van der Waals surface area contributed by atoms with E-state index in [-0.39, 0.29) is 0 Å². The Morgan fingerprint density at radius 3 is 1.60 bits per heavy atom. The molecule has 0 aliphatic carbocycles. The molecule has 0 saturated heterocycles. The molecule has 0 aliphatic heterocycles. The molecule has 0 saturated carbocycles. The van der Waals surface area contributed by atoms with Crippen molar-refractivity contribution in [1.82, 2.24) is 0 Å². The summed E-state index contributed by atoms with van der Waals surface area (Å²) in [5.41, 5.74) is 0. The molecule has 0 heterocycles. The van der Waals surface area contributed by atoms with E-state index in [0.717, 1.165) is 0 Å². The van der Waals surface area contributed by atoms with Crippen LogP contribution in [-0.4, -0.2) is 0 Å². The molecule has 0 atom stereocenters. The molecule has 0 amide bonds. The Morgan fingerprint density at radius 2 is 1.60 bits per heavy atom. The summed E-state index contributed by atoms with van der Waals surface area (Å²) in [7, 11) is 0. The van der Waals surface area contributed by atoms with Crippen LogP contribution in [-0.2, 0) is 20.1 Å². The monoisotopic (exact) mass is 135 g/mol. The van der Waals surface area contributed by atoms with Gasteiger partial charge in [-0.2, -0.15) is 0 Å². The second kappa shape index (κ2) is 1.41. The molecule has 0 bridgehead atoms. The van der Waals surface area contributed by atoms with Crippen molar-refractivity contribution >= 4 is 6.29 Å². The van der Waals surface area contributed by atoms with Crippen molar-refractivity contribution in [2.24, 2.45) is 0 Å². The summed E-state index contributed by atoms with van der Waals surface area (Å²) >= 11 is 2.22. The minimum absolute atomic E-state index is 2.22. The van der Waals surface area contributed by atoms with Crippen LogP contribution in [0.3, 0.4) is 0 Å². The van der Waals surface area contributed by atoms with Crippen LogP contribution in [0.2, 0.25) is 0 Å². The van der Waals surface area contributed by atoms with Crippen LogP contribution in [0.15, 0.2) is 0 Å². The van der Waals surface area contributed by atoms with E-state index in [1.165, 1.54) is 0 Å². The molecule has 0 aromatic carbocycles. The molecular formula is FeO3P. The summed E-state index contributed by atoms with van der Waals surface area (Å²) in [6.07, 6.45) is -4.39. The van der Waals surface area contributed by atoms with Crippen LogP contribution in [0.25, 0.3) is 0 Å². The summed E-state index contributed by atoms with van der Waals surface area (Å²) in [6.45, 7) is 0. The molecule has 0 aromatic heterocycles. The Hall–Kier alpha value is 0.669. The van der Waals surface area contributed by atoms with Gasteiger partial charge in [0.05, 0.1) is 0 Å². The van der Waals surface area contributed by atoms with Crippen molar-refractivity contribution in [1.29, 1.82) is 0 Å². The minimum atomic E-state index is -4.39. The molecule has 0 radical (unpaired) electrons.